The number of carboxylic acid groups (broad SMARTS) is 1. The van der Waals surface area contributed by atoms with Gasteiger partial charge in [-0.1, -0.05) is 13.8 Å². The number of nitro groups is 2. The molecule has 11 heteroatoms. The minimum absolute atomic E-state index is 0.0320. The van der Waals surface area contributed by atoms with Gasteiger partial charge in [0.25, 0.3) is 0 Å². The Kier molecular flexibility index (Phi) is 6.58. The normalized spacial score (nSPS) is 9.72. The summed E-state index contributed by atoms with van der Waals surface area (Å²) in [7, 11) is 0. The molecule has 2 N–H and O–H groups in total. The van der Waals surface area contributed by atoms with Crippen molar-refractivity contribution in [1.82, 2.24) is 9.97 Å². The number of aromatic carboxylic acids is 1. The van der Waals surface area contributed by atoms with Crippen molar-refractivity contribution in [1.29, 1.82) is 0 Å². The van der Waals surface area contributed by atoms with Gasteiger partial charge >= 0.3 is 17.6 Å². The van der Waals surface area contributed by atoms with E-state index in [0.29, 0.717) is 0 Å². The van der Waals surface area contributed by atoms with Crippen molar-refractivity contribution in [2.45, 2.75) is 20.5 Å². The second-order valence-corrected chi connectivity index (χ2v) is 4.22. The summed E-state index contributed by atoms with van der Waals surface area (Å²) in [6.07, 6.45) is 0. The van der Waals surface area contributed by atoms with Crippen LogP contribution in [0.25, 0.3) is 11.4 Å². The summed E-state index contributed by atoms with van der Waals surface area (Å²) in [5, 5.41) is 39.7. The lowest BCUT2D eigenvalue weighted by Crippen LogP contribution is -2.06. The Bertz CT molecular complexity index is 823. The third-order valence-corrected chi connectivity index (χ3v) is 2.84. The molecule has 0 unspecified atom stereocenters. The Hall–Kier alpha value is -3.47. The van der Waals surface area contributed by atoms with Crippen LogP contribution >= 0.6 is 0 Å². The van der Waals surface area contributed by atoms with Crippen molar-refractivity contribution >= 4 is 17.6 Å². The summed E-state index contributed by atoms with van der Waals surface area (Å²) >= 11 is 0. The van der Waals surface area contributed by atoms with Crippen molar-refractivity contribution in [3.8, 4) is 11.4 Å². The molecule has 0 aliphatic rings. The monoisotopic (exact) mass is 350 g/mol. The zero-order valence-electron chi connectivity index (χ0n) is 13.2. The molecule has 132 valence electrons. The smallest absolute Gasteiger partial charge is 0.378 e. The van der Waals surface area contributed by atoms with Crippen molar-refractivity contribution < 1.29 is 24.9 Å². The molecule has 0 amide bonds. The number of aliphatic hydroxyl groups excluding tert-OH is 1. The zero-order valence-corrected chi connectivity index (χ0v) is 13.2. The van der Waals surface area contributed by atoms with Crippen LogP contribution in [-0.2, 0) is 6.61 Å². The number of rotatable bonds is 5. The molecule has 2 rings (SSSR count). The van der Waals surface area contributed by atoms with E-state index in [9.17, 15) is 25.0 Å². The highest BCUT2D eigenvalue weighted by Gasteiger charge is 2.26. The fraction of sp³-hybridized carbons (Fsp3) is 0.214. The molecule has 0 aromatic carbocycles. The first kappa shape index (κ1) is 19.6. The molecule has 0 aliphatic carbocycles. The average molecular weight is 350 g/mol. The number of nitrogens with zero attached hydrogens (tertiary/aromatic N) is 4. The second kappa shape index (κ2) is 8.40. The van der Waals surface area contributed by atoms with Crippen LogP contribution in [0.1, 0.15) is 29.8 Å². The van der Waals surface area contributed by atoms with E-state index in [4.69, 9.17) is 10.2 Å². The molecule has 2 aromatic rings. The number of carboxylic acids is 1. The fourth-order valence-electron chi connectivity index (χ4n) is 1.80. The maximum atomic E-state index is 10.9. The number of hydrogen-bond donors (Lipinski definition) is 2. The number of hydrogen-bond acceptors (Lipinski definition) is 8. The highest BCUT2D eigenvalue weighted by Crippen LogP contribution is 2.25. The van der Waals surface area contributed by atoms with E-state index in [2.05, 4.69) is 9.97 Å². The third kappa shape index (κ3) is 4.29. The lowest BCUT2D eigenvalue weighted by molar-refractivity contribution is -0.390. The maximum absolute atomic E-state index is 10.9. The molecule has 0 radical (unpaired) electrons. The topological polar surface area (TPSA) is 170 Å². The fourth-order valence-corrected chi connectivity index (χ4v) is 1.80. The van der Waals surface area contributed by atoms with Crippen LogP contribution in [0.4, 0.5) is 11.6 Å². The minimum atomic E-state index is -1.52. The summed E-state index contributed by atoms with van der Waals surface area (Å²) in [6.45, 7) is 3.40. The second-order valence-electron chi connectivity index (χ2n) is 4.22. The SMILES string of the molecule is CC.O=C(O)c1ccc(-c2ccc(CO)c([N+](=O)[O-])n2)nc1[N+](=O)[O-]. The molecule has 25 heavy (non-hydrogen) atoms. The van der Waals surface area contributed by atoms with Crippen LogP contribution in [0.15, 0.2) is 24.3 Å². The Labute approximate surface area is 140 Å². The third-order valence-electron chi connectivity index (χ3n) is 2.84. The van der Waals surface area contributed by atoms with Gasteiger partial charge in [-0.2, -0.15) is 0 Å². The quantitative estimate of drug-likeness (QED) is 0.605. The Balaban J connectivity index is 0.00000151. The molecular weight excluding hydrogens is 336 g/mol. The summed E-state index contributed by atoms with van der Waals surface area (Å²) in [6, 6.07) is 4.64. The van der Waals surface area contributed by atoms with Gasteiger partial charge in [0.05, 0.1) is 12.2 Å². The molecule has 11 nitrogen and oxygen atoms in total. The van der Waals surface area contributed by atoms with Gasteiger partial charge < -0.3 is 30.4 Å². The first-order chi connectivity index (χ1) is 11.8. The van der Waals surface area contributed by atoms with Crippen LogP contribution < -0.4 is 0 Å². The van der Waals surface area contributed by atoms with Gasteiger partial charge in [-0.15, -0.1) is 0 Å². The molecule has 0 spiro atoms. The van der Waals surface area contributed by atoms with Crippen molar-refractivity contribution in [2.75, 3.05) is 0 Å². The van der Waals surface area contributed by atoms with Gasteiger partial charge in [0, 0.05) is 0 Å². The number of aliphatic hydroxyl groups is 1. The van der Waals surface area contributed by atoms with Gasteiger partial charge in [-0.25, -0.2) is 4.79 Å². The predicted molar refractivity (Wildman–Crippen MR) is 85.0 cm³/mol. The van der Waals surface area contributed by atoms with E-state index in [1.807, 2.05) is 13.8 Å². The molecular formula is C14H14N4O7. The standard InChI is InChI=1S/C12H8N4O7.C2H6/c17-5-6-1-3-8(13-10(6)15(20)21)9-4-2-7(12(18)19)11(14-9)16(22)23;1-2/h1-4,17H,5H2,(H,18,19);1-2H3. The summed E-state index contributed by atoms with van der Waals surface area (Å²) in [5.74, 6) is -3.03. The number of aromatic nitrogens is 2. The van der Waals surface area contributed by atoms with Crippen molar-refractivity contribution in [3.05, 3.63) is 55.6 Å². The van der Waals surface area contributed by atoms with Crippen molar-refractivity contribution in [3.63, 3.8) is 0 Å². The molecule has 0 saturated carbocycles. The molecule has 0 bridgehead atoms. The lowest BCUT2D eigenvalue weighted by atomic mass is 10.1. The average Bonchev–Trinajstić information content (AvgIpc) is 2.62. The van der Waals surface area contributed by atoms with E-state index in [0.717, 1.165) is 12.1 Å². The van der Waals surface area contributed by atoms with E-state index < -0.39 is 39.6 Å². The summed E-state index contributed by atoms with van der Waals surface area (Å²) < 4.78 is 0. The van der Waals surface area contributed by atoms with Crippen LogP contribution in [0.3, 0.4) is 0 Å². The predicted octanol–water partition coefficient (Wildman–Crippen LogP) is 2.18. The molecule has 2 heterocycles. The van der Waals surface area contributed by atoms with Gasteiger partial charge in [0.1, 0.15) is 0 Å². The van der Waals surface area contributed by atoms with E-state index in [1.54, 1.807) is 0 Å². The van der Waals surface area contributed by atoms with Gasteiger partial charge in [0.15, 0.2) is 5.56 Å². The van der Waals surface area contributed by atoms with E-state index >= 15 is 0 Å². The molecule has 0 saturated heterocycles. The van der Waals surface area contributed by atoms with E-state index in [-0.39, 0.29) is 17.0 Å². The Morgan fingerprint density at radius 1 is 1.00 bits per heavy atom. The minimum Gasteiger partial charge on any atom is -0.477 e. The van der Waals surface area contributed by atoms with Crippen LogP contribution in [0.5, 0.6) is 0 Å². The molecule has 0 fully saturated rings. The van der Waals surface area contributed by atoms with Crippen molar-refractivity contribution in [2.24, 2.45) is 0 Å². The Morgan fingerprint density at radius 3 is 1.92 bits per heavy atom. The summed E-state index contributed by atoms with van der Waals surface area (Å²) in [5.41, 5.74) is -0.807. The first-order valence-electron chi connectivity index (χ1n) is 6.99. The maximum Gasteiger partial charge on any atom is 0.378 e. The molecule has 0 aliphatic heterocycles. The molecule has 0 atom stereocenters. The number of carbonyl (C=O) groups is 1. The van der Waals surface area contributed by atoms with E-state index in [1.165, 1.54) is 12.1 Å². The van der Waals surface area contributed by atoms with Crippen LogP contribution in [-0.4, -0.2) is 36.0 Å². The highest BCUT2D eigenvalue weighted by atomic mass is 16.6. The van der Waals surface area contributed by atoms with Crippen LogP contribution in [0.2, 0.25) is 0 Å². The Morgan fingerprint density at radius 2 is 1.48 bits per heavy atom. The lowest BCUT2D eigenvalue weighted by Gasteiger charge is -2.01. The highest BCUT2D eigenvalue weighted by molar-refractivity contribution is 5.91. The number of pyridine rings is 2. The van der Waals surface area contributed by atoms with Crippen LogP contribution in [0, 0.1) is 20.2 Å². The zero-order chi connectivity index (χ0) is 19.1. The summed E-state index contributed by atoms with van der Waals surface area (Å²) in [4.78, 5) is 38.2. The molecule has 2 aromatic heterocycles. The van der Waals surface area contributed by atoms with Gasteiger partial charge in [-0.3, -0.25) is 0 Å². The van der Waals surface area contributed by atoms with Gasteiger partial charge in [-0.05, 0) is 44.1 Å². The first-order valence-corrected chi connectivity index (χ1v) is 6.99. The largest absolute Gasteiger partial charge is 0.477 e. The van der Waals surface area contributed by atoms with Gasteiger partial charge in [0.2, 0.25) is 11.4 Å².